The van der Waals surface area contributed by atoms with Crippen LogP contribution in [0, 0.1) is 5.41 Å². The third-order valence-electron chi connectivity index (χ3n) is 4.58. The number of hydrogen-bond acceptors (Lipinski definition) is 6. The molecule has 0 unspecified atom stereocenters. The van der Waals surface area contributed by atoms with Gasteiger partial charge in [-0.15, -0.1) is 0 Å². The van der Waals surface area contributed by atoms with Crippen molar-refractivity contribution in [3.8, 4) is 17.4 Å². The SMILES string of the molecule is O=C(COc1ccc(Oc2ccccn2)cc1)NCC1(C(=O)O)CCOCC1. The number of amides is 1. The highest BCUT2D eigenvalue weighted by molar-refractivity contribution is 5.80. The number of nitrogens with one attached hydrogen (secondary N) is 1. The summed E-state index contributed by atoms with van der Waals surface area (Å²) in [4.78, 5) is 27.7. The van der Waals surface area contributed by atoms with Crippen LogP contribution in [0.2, 0.25) is 0 Å². The van der Waals surface area contributed by atoms with E-state index in [9.17, 15) is 14.7 Å². The van der Waals surface area contributed by atoms with E-state index in [1.807, 2.05) is 6.07 Å². The summed E-state index contributed by atoms with van der Waals surface area (Å²) in [7, 11) is 0. The molecule has 1 aliphatic rings. The standard InChI is InChI=1S/C20H22N2O6/c23-17(22-14-20(19(24)25)8-11-26-12-9-20)13-27-15-4-6-16(7-5-15)28-18-3-1-2-10-21-18/h1-7,10H,8-9,11-14H2,(H,22,23)(H,24,25). The number of carbonyl (C=O) groups is 2. The number of benzene rings is 1. The first kappa shape index (κ1) is 19.6. The van der Waals surface area contributed by atoms with Crippen molar-refractivity contribution in [2.75, 3.05) is 26.4 Å². The van der Waals surface area contributed by atoms with E-state index in [1.54, 1.807) is 42.6 Å². The largest absolute Gasteiger partial charge is 0.484 e. The minimum absolute atomic E-state index is 0.0603. The summed E-state index contributed by atoms with van der Waals surface area (Å²) in [5, 5.41) is 12.1. The first-order chi connectivity index (χ1) is 13.6. The van der Waals surface area contributed by atoms with Crippen LogP contribution < -0.4 is 14.8 Å². The summed E-state index contributed by atoms with van der Waals surface area (Å²) in [5.74, 6) is 0.290. The number of hydrogen-bond donors (Lipinski definition) is 2. The van der Waals surface area contributed by atoms with Gasteiger partial charge in [0, 0.05) is 32.0 Å². The van der Waals surface area contributed by atoms with Crippen LogP contribution in [-0.4, -0.2) is 48.3 Å². The average molecular weight is 386 g/mol. The Bertz CT molecular complexity index is 788. The molecule has 0 radical (unpaired) electrons. The van der Waals surface area contributed by atoms with Crippen molar-refractivity contribution in [2.24, 2.45) is 5.41 Å². The molecule has 1 fully saturated rings. The Labute approximate surface area is 162 Å². The van der Waals surface area contributed by atoms with Crippen LogP contribution in [-0.2, 0) is 14.3 Å². The summed E-state index contributed by atoms with van der Waals surface area (Å²) in [6.07, 6.45) is 2.39. The van der Waals surface area contributed by atoms with Gasteiger partial charge in [-0.1, -0.05) is 6.07 Å². The molecule has 8 nitrogen and oxygen atoms in total. The zero-order valence-electron chi connectivity index (χ0n) is 15.3. The maximum atomic E-state index is 12.0. The van der Waals surface area contributed by atoms with Crippen LogP contribution in [0.15, 0.2) is 48.7 Å². The van der Waals surface area contributed by atoms with Crippen molar-refractivity contribution in [1.29, 1.82) is 0 Å². The van der Waals surface area contributed by atoms with Gasteiger partial charge in [0.05, 0.1) is 5.41 Å². The Morgan fingerprint density at radius 3 is 2.46 bits per heavy atom. The van der Waals surface area contributed by atoms with E-state index in [0.717, 1.165) is 0 Å². The summed E-state index contributed by atoms with van der Waals surface area (Å²) >= 11 is 0. The highest BCUT2D eigenvalue weighted by atomic mass is 16.5. The number of pyridine rings is 1. The predicted octanol–water partition coefficient (Wildman–Crippen LogP) is 2.25. The minimum atomic E-state index is -0.974. The Kier molecular flexibility index (Phi) is 6.44. The fraction of sp³-hybridized carbons (Fsp3) is 0.350. The molecule has 2 aromatic rings. The summed E-state index contributed by atoms with van der Waals surface area (Å²) in [6, 6.07) is 12.2. The maximum Gasteiger partial charge on any atom is 0.311 e. The molecule has 148 valence electrons. The lowest BCUT2D eigenvalue weighted by atomic mass is 9.80. The second-order valence-corrected chi connectivity index (χ2v) is 6.50. The minimum Gasteiger partial charge on any atom is -0.484 e. The van der Waals surface area contributed by atoms with Crippen molar-refractivity contribution in [1.82, 2.24) is 10.3 Å². The Morgan fingerprint density at radius 1 is 1.11 bits per heavy atom. The van der Waals surface area contributed by atoms with Crippen LogP contribution in [0.4, 0.5) is 0 Å². The van der Waals surface area contributed by atoms with Crippen molar-refractivity contribution >= 4 is 11.9 Å². The molecule has 0 bridgehead atoms. The second kappa shape index (κ2) is 9.18. The van der Waals surface area contributed by atoms with E-state index in [0.29, 0.717) is 43.4 Å². The maximum absolute atomic E-state index is 12.0. The predicted molar refractivity (Wildman–Crippen MR) is 99.4 cm³/mol. The highest BCUT2D eigenvalue weighted by Crippen LogP contribution is 2.30. The lowest BCUT2D eigenvalue weighted by molar-refractivity contribution is -0.154. The average Bonchev–Trinajstić information content (AvgIpc) is 2.73. The van der Waals surface area contributed by atoms with Crippen LogP contribution in [0.25, 0.3) is 0 Å². The number of carboxylic acid groups (broad SMARTS) is 1. The third-order valence-corrected chi connectivity index (χ3v) is 4.58. The van der Waals surface area contributed by atoms with E-state index in [1.165, 1.54) is 0 Å². The first-order valence-electron chi connectivity index (χ1n) is 8.97. The molecular weight excluding hydrogens is 364 g/mol. The number of carbonyl (C=O) groups excluding carboxylic acids is 1. The van der Waals surface area contributed by atoms with Crippen LogP contribution in [0.3, 0.4) is 0 Å². The quantitative estimate of drug-likeness (QED) is 0.716. The molecular formula is C20H22N2O6. The van der Waals surface area contributed by atoms with Crippen LogP contribution in [0.1, 0.15) is 12.8 Å². The summed E-state index contributed by atoms with van der Waals surface area (Å²) in [5.41, 5.74) is -0.974. The van der Waals surface area contributed by atoms with E-state index in [-0.39, 0.29) is 19.1 Å². The van der Waals surface area contributed by atoms with Gasteiger partial charge >= 0.3 is 5.97 Å². The first-order valence-corrected chi connectivity index (χ1v) is 8.97. The Morgan fingerprint density at radius 2 is 1.82 bits per heavy atom. The van der Waals surface area contributed by atoms with Crippen molar-refractivity contribution in [2.45, 2.75) is 12.8 Å². The topological polar surface area (TPSA) is 107 Å². The number of carboxylic acids is 1. The number of nitrogens with zero attached hydrogens (tertiary/aromatic N) is 1. The highest BCUT2D eigenvalue weighted by Gasteiger charge is 2.40. The van der Waals surface area contributed by atoms with Gasteiger partial charge in [-0.3, -0.25) is 9.59 Å². The fourth-order valence-corrected chi connectivity index (χ4v) is 2.83. The van der Waals surface area contributed by atoms with Crippen molar-refractivity contribution in [3.63, 3.8) is 0 Å². The molecule has 2 heterocycles. The third kappa shape index (κ3) is 5.20. The molecule has 1 aliphatic heterocycles. The molecule has 0 spiro atoms. The molecule has 1 amide bonds. The molecule has 3 rings (SSSR count). The van der Waals surface area contributed by atoms with Gasteiger partial charge in [0.15, 0.2) is 6.61 Å². The Balaban J connectivity index is 1.46. The molecule has 1 saturated heterocycles. The molecule has 8 heteroatoms. The van der Waals surface area contributed by atoms with Crippen molar-refractivity contribution < 1.29 is 28.9 Å². The van der Waals surface area contributed by atoms with Crippen molar-refractivity contribution in [3.05, 3.63) is 48.7 Å². The van der Waals surface area contributed by atoms with Gasteiger partial charge in [-0.2, -0.15) is 0 Å². The number of aliphatic carboxylic acids is 1. The van der Waals surface area contributed by atoms with Gasteiger partial charge in [0.1, 0.15) is 11.5 Å². The zero-order valence-corrected chi connectivity index (χ0v) is 15.3. The number of rotatable bonds is 8. The monoisotopic (exact) mass is 386 g/mol. The number of aromatic nitrogens is 1. The Hall–Kier alpha value is -3.13. The molecule has 0 aliphatic carbocycles. The second-order valence-electron chi connectivity index (χ2n) is 6.50. The lowest BCUT2D eigenvalue weighted by Crippen LogP contribution is -2.47. The van der Waals surface area contributed by atoms with E-state index >= 15 is 0 Å². The summed E-state index contributed by atoms with van der Waals surface area (Å²) < 4.78 is 16.3. The zero-order chi connectivity index (χ0) is 19.8. The molecule has 1 aromatic heterocycles. The summed E-state index contributed by atoms with van der Waals surface area (Å²) in [6.45, 7) is 0.620. The molecule has 1 aromatic carbocycles. The molecule has 0 atom stereocenters. The fourth-order valence-electron chi connectivity index (χ4n) is 2.83. The van der Waals surface area contributed by atoms with E-state index < -0.39 is 11.4 Å². The van der Waals surface area contributed by atoms with Crippen LogP contribution in [0.5, 0.6) is 17.4 Å². The molecule has 0 saturated carbocycles. The number of ether oxygens (including phenoxy) is 3. The smallest absolute Gasteiger partial charge is 0.311 e. The normalized spacial score (nSPS) is 15.4. The molecule has 2 N–H and O–H groups in total. The van der Waals surface area contributed by atoms with Gasteiger partial charge in [-0.25, -0.2) is 4.98 Å². The van der Waals surface area contributed by atoms with Crippen LogP contribution >= 0.6 is 0 Å². The molecule has 28 heavy (non-hydrogen) atoms. The van der Waals surface area contributed by atoms with Gasteiger partial charge in [-0.05, 0) is 43.2 Å². The lowest BCUT2D eigenvalue weighted by Gasteiger charge is -2.33. The van der Waals surface area contributed by atoms with E-state index in [2.05, 4.69) is 10.3 Å². The van der Waals surface area contributed by atoms with Gasteiger partial charge in [0.2, 0.25) is 5.88 Å². The van der Waals surface area contributed by atoms with Gasteiger partial charge < -0.3 is 24.6 Å². The van der Waals surface area contributed by atoms with E-state index in [4.69, 9.17) is 14.2 Å². The van der Waals surface area contributed by atoms with Gasteiger partial charge in [0.25, 0.3) is 5.91 Å².